The Balaban J connectivity index is 1.84. The summed E-state index contributed by atoms with van der Waals surface area (Å²) in [5.74, 6) is 0.259. The topological polar surface area (TPSA) is 58.0 Å². The molecule has 1 unspecified atom stereocenters. The van der Waals surface area contributed by atoms with Gasteiger partial charge in [0.05, 0.1) is 6.10 Å². The van der Waals surface area contributed by atoms with Crippen molar-refractivity contribution >= 4 is 5.82 Å². The number of aliphatic hydroxyl groups is 1. The van der Waals surface area contributed by atoms with Gasteiger partial charge in [-0.25, -0.2) is 9.97 Å². The van der Waals surface area contributed by atoms with Gasteiger partial charge in [0.2, 0.25) is 5.95 Å². The van der Waals surface area contributed by atoms with Crippen LogP contribution in [-0.4, -0.2) is 27.7 Å². The summed E-state index contributed by atoms with van der Waals surface area (Å²) >= 11 is 0. The van der Waals surface area contributed by atoms with Gasteiger partial charge in [0, 0.05) is 12.6 Å². The number of aliphatic hydroxyl groups excluding tert-OH is 1. The van der Waals surface area contributed by atoms with E-state index in [9.17, 15) is 9.50 Å². The third-order valence-corrected chi connectivity index (χ3v) is 2.29. The van der Waals surface area contributed by atoms with Gasteiger partial charge in [-0.3, -0.25) is 0 Å². The molecule has 0 aromatic carbocycles. The van der Waals surface area contributed by atoms with E-state index in [1.165, 1.54) is 6.07 Å². The maximum Gasteiger partial charge on any atom is 0.217 e. The predicted molar refractivity (Wildman–Crippen MR) is 49.2 cm³/mol. The quantitative estimate of drug-likeness (QED) is 0.701. The first-order valence-corrected chi connectivity index (χ1v) is 4.65. The van der Waals surface area contributed by atoms with Gasteiger partial charge in [-0.1, -0.05) is 0 Å². The number of aromatic nitrogens is 2. The summed E-state index contributed by atoms with van der Waals surface area (Å²) in [5, 5.41) is 12.4. The van der Waals surface area contributed by atoms with Gasteiger partial charge in [0.25, 0.3) is 0 Å². The zero-order valence-corrected chi connectivity index (χ0v) is 7.65. The fourth-order valence-corrected chi connectivity index (χ4v) is 1.29. The van der Waals surface area contributed by atoms with Crippen LogP contribution in [0.25, 0.3) is 0 Å². The van der Waals surface area contributed by atoms with Crippen LogP contribution in [0.2, 0.25) is 0 Å². The molecule has 0 bridgehead atoms. The summed E-state index contributed by atoms with van der Waals surface area (Å²) in [6.45, 7) is 0.418. The van der Waals surface area contributed by atoms with Gasteiger partial charge in [-0.05, 0) is 18.8 Å². The number of nitrogens with one attached hydrogen (secondary N) is 1. The molecule has 1 fully saturated rings. The highest BCUT2D eigenvalue weighted by atomic mass is 19.1. The first kappa shape index (κ1) is 9.33. The Morgan fingerprint density at radius 1 is 1.57 bits per heavy atom. The lowest BCUT2D eigenvalue weighted by atomic mass is 10.2. The van der Waals surface area contributed by atoms with Gasteiger partial charge in [0.15, 0.2) is 0 Å². The molecule has 0 aliphatic heterocycles. The normalized spacial score (nSPS) is 17.9. The van der Waals surface area contributed by atoms with E-state index >= 15 is 0 Å². The Labute approximate surface area is 81.2 Å². The number of nitrogens with zero attached hydrogens (tertiary/aromatic N) is 2. The molecular weight excluding hydrogens is 185 g/mol. The second-order valence-electron chi connectivity index (χ2n) is 3.51. The van der Waals surface area contributed by atoms with E-state index in [1.54, 1.807) is 0 Å². The van der Waals surface area contributed by atoms with Crippen molar-refractivity contribution in [2.75, 3.05) is 11.9 Å². The number of rotatable bonds is 4. The third kappa shape index (κ3) is 2.38. The average Bonchev–Trinajstić information content (AvgIpc) is 2.97. The number of hydrogen-bond acceptors (Lipinski definition) is 4. The van der Waals surface area contributed by atoms with E-state index < -0.39 is 5.95 Å². The fourth-order valence-electron chi connectivity index (χ4n) is 1.29. The van der Waals surface area contributed by atoms with Crippen molar-refractivity contribution in [3.05, 3.63) is 18.3 Å². The van der Waals surface area contributed by atoms with Crippen LogP contribution in [-0.2, 0) is 0 Å². The molecule has 76 valence electrons. The minimum atomic E-state index is -0.566. The molecule has 5 heteroatoms. The predicted octanol–water partition coefficient (Wildman–Crippen LogP) is 0.798. The number of anilines is 1. The maximum atomic E-state index is 12.6. The Bertz CT molecular complexity index is 317. The molecule has 4 nitrogen and oxygen atoms in total. The van der Waals surface area contributed by atoms with Crippen LogP contribution in [0, 0.1) is 11.9 Å². The molecule has 0 saturated heterocycles. The maximum absolute atomic E-state index is 12.6. The lowest BCUT2D eigenvalue weighted by molar-refractivity contribution is 0.164. The molecule has 2 N–H and O–H groups in total. The first-order valence-electron chi connectivity index (χ1n) is 4.65. The van der Waals surface area contributed by atoms with Crippen molar-refractivity contribution in [2.24, 2.45) is 5.92 Å². The standard InChI is InChI=1S/C9H12FN3O/c10-8-3-9(13-5-12-8)11-4-7(14)6-1-2-6/h3,5-7,14H,1-2,4H2,(H,11,12,13). The minimum Gasteiger partial charge on any atom is -0.391 e. The van der Waals surface area contributed by atoms with Crippen molar-refractivity contribution in [3.8, 4) is 0 Å². The highest BCUT2D eigenvalue weighted by Gasteiger charge is 2.29. The van der Waals surface area contributed by atoms with Gasteiger partial charge < -0.3 is 10.4 Å². The summed E-state index contributed by atoms with van der Waals surface area (Å²) < 4.78 is 12.6. The minimum absolute atomic E-state index is 0.354. The molecule has 14 heavy (non-hydrogen) atoms. The molecule has 1 heterocycles. The van der Waals surface area contributed by atoms with Crippen molar-refractivity contribution in [2.45, 2.75) is 18.9 Å². The molecule has 0 amide bonds. The number of hydrogen-bond donors (Lipinski definition) is 2. The summed E-state index contributed by atoms with van der Waals surface area (Å²) in [6.07, 6.45) is 2.97. The van der Waals surface area contributed by atoms with Crippen LogP contribution in [0.1, 0.15) is 12.8 Å². The number of halogens is 1. The van der Waals surface area contributed by atoms with Crippen LogP contribution in [0.5, 0.6) is 0 Å². The van der Waals surface area contributed by atoms with Crippen molar-refractivity contribution in [1.29, 1.82) is 0 Å². The van der Waals surface area contributed by atoms with Crippen LogP contribution in [0.3, 0.4) is 0 Å². The van der Waals surface area contributed by atoms with E-state index in [-0.39, 0.29) is 6.10 Å². The smallest absolute Gasteiger partial charge is 0.217 e. The zero-order chi connectivity index (χ0) is 9.97. The van der Waals surface area contributed by atoms with Crippen molar-refractivity contribution in [3.63, 3.8) is 0 Å². The molecule has 2 rings (SSSR count). The van der Waals surface area contributed by atoms with Crippen LogP contribution in [0.15, 0.2) is 12.4 Å². The second kappa shape index (κ2) is 3.88. The largest absolute Gasteiger partial charge is 0.391 e. The van der Waals surface area contributed by atoms with E-state index in [0.29, 0.717) is 18.3 Å². The zero-order valence-electron chi connectivity index (χ0n) is 7.65. The van der Waals surface area contributed by atoms with E-state index in [1.807, 2.05) is 0 Å². The van der Waals surface area contributed by atoms with E-state index in [2.05, 4.69) is 15.3 Å². The monoisotopic (exact) mass is 197 g/mol. The van der Waals surface area contributed by atoms with Gasteiger partial charge in [0.1, 0.15) is 12.1 Å². The van der Waals surface area contributed by atoms with Crippen LogP contribution in [0.4, 0.5) is 10.2 Å². The second-order valence-corrected chi connectivity index (χ2v) is 3.51. The first-order chi connectivity index (χ1) is 6.75. The van der Waals surface area contributed by atoms with Crippen LogP contribution >= 0.6 is 0 Å². The van der Waals surface area contributed by atoms with E-state index in [0.717, 1.165) is 19.2 Å². The highest BCUT2D eigenvalue weighted by Crippen LogP contribution is 2.32. The molecular formula is C9H12FN3O. The Hall–Kier alpha value is -1.23. The summed E-state index contributed by atoms with van der Waals surface area (Å²) in [7, 11) is 0. The molecule has 1 aliphatic carbocycles. The SMILES string of the molecule is OC(CNc1cc(F)ncn1)C1CC1. The summed E-state index contributed by atoms with van der Waals surface area (Å²) in [5.41, 5.74) is 0. The van der Waals surface area contributed by atoms with Gasteiger partial charge in [-0.15, -0.1) is 0 Å². The van der Waals surface area contributed by atoms with Crippen molar-refractivity contribution < 1.29 is 9.50 Å². The molecule has 1 aromatic heterocycles. The third-order valence-electron chi connectivity index (χ3n) is 2.29. The Kier molecular flexibility index (Phi) is 2.58. The summed E-state index contributed by atoms with van der Waals surface area (Å²) in [6, 6.07) is 1.21. The lowest BCUT2D eigenvalue weighted by Crippen LogP contribution is -2.21. The molecule has 1 saturated carbocycles. The molecule has 1 aliphatic rings. The molecule has 0 radical (unpaired) electrons. The molecule has 1 atom stereocenters. The van der Waals surface area contributed by atoms with Crippen LogP contribution < -0.4 is 5.32 Å². The average molecular weight is 197 g/mol. The summed E-state index contributed by atoms with van der Waals surface area (Å²) in [4.78, 5) is 7.15. The fraction of sp³-hybridized carbons (Fsp3) is 0.556. The Morgan fingerprint density at radius 2 is 2.36 bits per heavy atom. The van der Waals surface area contributed by atoms with Crippen molar-refractivity contribution in [1.82, 2.24) is 9.97 Å². The van der Waals surface area contributed by atoms with Gasteiger partial charge >= 0.3 is 0 Å². The van der Waals surface area contributed by atoms with Gasteiger partial charge in [-0.2, -0.15) is 4.39 Å². The van der Waals surface area contributed by atoms with E-state index in [4.69, 9.17) is 0 Å². The molecule has 0 spiro atoms. The Morgan fingerprint density at radius 3 is 3.00 bits per heavy atom. The highest BCUT2D eigenvalue weighted by molar-refractivity contribution is 5.32. The lowest BCUT2D eigenvalue weighted by Gasteiger charge is -2.10. The molecule has 1 aromatic rings.